The van der Waals surface area contributed by atoms with Crippen molar-refractivity contribution in [3.8, 4) is 0 Å². The minimum absolute atomic E-state index is 0.0279. The zero-order valence-electron chi connectivity index (χ0n) is 10.3. The SMILES string of the molecule is CC1CC(c2cn3cc(S)cc(C(F)(F)F)c3n2)C1. The number of fused-ring (bicyclic) bond motifs is 1. The number of nitrogens with zero attached hydrogens (tertiary/aromatic N) is 2. The summed E-state index contributed by atoms with van der Waals surface area (Å²) in [6, 6.07) is 1.03. The van der Waals surface area contributed by atoms with E-state index in [0.717, 1.165) is 24.6 Å². The zero-order valence-corrected chi connectivity index (χ0v) is 11.2. The molecular weight excluding hydrogens is 273 g/mol. The number of alkyl halides is 3. The number of hydrogen-bond donors (Lipinski definition) is 1. The summed E-state index contributed by atoms with van der Waals surface area (Å²) in [5, 5.41) is 0. The Morgan fingerprint density at radius 3 is 2.58 bits per heavy atom. The van der Waals surface area contributed by atoms with E-state index in [-0.39, 0.29) is 10.5 Å². The molecule has 0 aliphatic heterocycles. The van der Waals surface area contributed by atoms with Crippen LogP contribution in [0.1, 0.15) is 36.9 Å². The summed E-state index contributed by atoms with van der Waals surface area (Å²) >= 11 is 4.03. The Hall–Kier alpha value is -1.17. The van der Waals surface area contributed by atoms with Crippen molar-refractivity contribution in [2.24, 2.45) is 5.92 Å². The number of pyridine rings is 1. The van der Waals surface area contributed by atoms with E-state index in [4.69, 9.17) is 0 Å². The van der Waals surface area contributed by atoms with E-state index in [1.807, 2.05) is 0 Å². The van der Waals surface area contributed by atoms with Crippen LogP contribution in [0.5, 0.6) is 0 Å². The van der Waals surface area contributed by atoms with Gasteiger partial charge in [0.05, 0.1) is 11.3 Å². The lowest BCUT2D eigenvalue weighted by molar-refractivity contribution is -0.136. The number of hydrogen-bond acceptors (Lipinski definition) is 2. The van der Waals surface area contributed by atoms with Crippen molar-refractivity contribution in [2.75, 3.05) is 0 Å². The average molecular weight is 286 g/mol. The van der Waals surface area contributed by atoms with Crippen LogP contribution in [0.3, 0.4) is 0 Å². The Morgan fingerprint density at radius 1 is 1.32 bits per heavy atom. The van der Waals surface area contributed by atoms with Crippen LogP contribution in [-0.4, -0.2) is 9.38 Å². The van der Waals surface area contributed by atoms with Gasteiger partial charge in [-0.25, -0.2) is 4.98 Å². The molecule has 0 saturated heterocycles. The minimum atomic E-state index is -4.41. The summed E-state index contributed by atoms with van der Waals surface area (Å²) < 4.78 is 40.4. The van der Waals surface area contributed by atoms with E-state index in [0.29, 0.717) is 11.8 Å². The molecule has 0 bridgehead atoms. The van der Waals surface area contributed by atoms with Crippen molar-refractivity contribution < 1.29 is 13.2 Å². The molecule has 0 aromatic carbocycles. The highest BCUT2D eigenvalue weighted by molar-refractivity contribution is 7.80. The van der Waals surface area contributed by atoms with Crippen molar-refractivity contribution in [1.29, 1.82) is 0 Å². The Balaban J connectivity index is 2.11. The third-order valence-corrected chi connectivity index (χ3v) is 3.90. The third-order valence-electron chi connectivity index (χ3n) is 3.65. The molecule has 0 N–H and O–H groups in total. The molecular formula is C13H13F3N2S. The lowest BCUT2D eigenvalue weighted by atomic mass is 9.75. The molecule has 1 aliphatic rings. The van der Waals surface area contributed by atoms with Crippen LogP contribution in [-0.2, 0) is 6.18 Å². The lowest BCUT2D eigenvalue weighted by Crippen LogP contribution is -2.19. The quantitative estimate of drug-likeness (QED) is 0.779. The number of aromatic nitrogens is 2. The lowest BCUT2D eigenvalue weighted by Gasteiger charge is -2.31. The summed E-state index contributed by atoms with van der Waals surface area (Å²) in [7, 11) is 0. The minimum Gasteiger partial charge on any atom is -0.305 e. The molecule has 0 amide bonds. The topological polar surface area (TPSA) is 17.3 Å². The molecule has 0 radical (unpaired) electrons. The highest BCUT2D eigenvalue weighted by Crippen LogP contribution is 2.41. The average Bonchev–Trinajstić information content (AvgIpc) is 2.65. The van der Waals surface area contributed by atoms with Crippen LogP contribution in [0.25, 0.3) is 5.65 Å². The van der Waals surface area contributed by atoms with Gasteiger partial charge in [0.15, 0.2) is 0 Å². The van der Waals surface area contributed by atoms with Gasteiger partial charge in [-0.15, -0.1) is 12.6 Å². The summed E-state index contributed by atoms with van der Waals surface area (Å²) in [4.78, 5) is 4.47. The van der Waals surface area contributed by atoms with E-state index >= 15 is 0 Å². The first kappa shape index (κ1) is 12.8. The number of thiol groups is 1. The Labute approximate surface area is 114 Å². The molecule has 1 aliphatic carbocycles. The van der Waals surface area contributed by atoms with Crippen LogP contribution in [0.2, 0.25) is 0 Å². The fraction of sp³-hybridized carbons (Fsp3) is 0.462. The third kappa shape index (κ3) is 2.22. The molecule has 3 rings (SSSR count). The van der Waals surface area contributed by atoms with E-state index in [1.165, 1.54) is 4.40 Å². The van der Waals surface area contributed by atoms with Gasteiger partial charge in [-0.1, -0.05) is 6.92 Å². The molecule has 1 saturated carbocycles. The molecule has 19 heavy (non-hydrogen) atoms. The second-order valence-corrected chi connectivity index (χ2v) is 5.80. The van der Waals surface area contributed by atoms with Crippen molar-refractivity contribution in [1.82, 2.24) is 9.38 Å². The molecule has 2 aromatic rings. The molecule has 6 heteroatoms. The molecule has 2 nitrogen and oxygen atoms in total. The summed E-state index contributed by atoms with van der Waals surface area (Å²) in [5.74, 6) is 0.927. The number of halogens is 3. The molecule has 2 heterocycles. The second kappa shape index (κ2) is 4.16. The summed E-state index contributed by atoms with van der Waals surface area (Å²) in [5.41, 5.74) is 0.000934. The van der Waals surface area contributed by atoms with Crippen molar-refractivity contribution in [3.05, 3.63) is 29.7 Å². The monoisotopic (exact) mass is 286 g/mol. The van der Waals surface area contributed by atoms with Crippen molar-refractivity contribution in [2.45, 2.75) is 36.8 Å². The maximum atomic E-state index is 13.0. The van der Waals surface area contributed by atoms with Gasteiger partial charge in [-0.2, -0.15) is 13.2 Å². The van der Waals surface area contributed by atoms with Gasteiger partial charge >= 0.3 is 6.18 Å². The van der Waals surface area contributed by atoms with E-state index in [2.05, 4.69) is 24.5 Å². The van der Waals surface area contributed by atoms with E-state index in [1.54, 1.807) is 12.4 Å². The zero-order chi connectivity index (χ0) is 13.8. The fourth-order valence-electron chi connectivity index (χ4n) is 2.65. The summed E-state index contributed by atoms with van der Waals surface area (Å²) in [6.45, 7) is 2.14. The highest BCUT2D eigenvalue weighted by Gasteiger charge is 2.35. The number of rotatable bonds is 1. The van der Waals surface area contributed by atoms with Gasteiger partial charge in [0.25, 0.3) is 0 Å². The highest BCUT2D eigenvalue weighted by atomic mass is 32.1. The van der Waals surface area contributed by atoms with E-state index in [9.17, 15) is 13.2 Å². The smallest absolute Gasteiger partial charge is 0.305 e. The maximum absolute atomic E-state index is 13.0. The van der Waals surface area contributed by atoms with Crippen molar-refractivity contribution >= 4 is 18.3 Å². The van der Waals surface area contributed by atoms with Gasteiger partial charge in [0, 0.05) is 23.2 Å². The van der Waals surface area contributed by atoms with Crippen LogP contribution >= 0.6 is 12.6 Å². The van der Waals surface area contributed by atoms with E-state index < -0.39 is 11.7 Å². The summed E-state index contributed by atoms with van der Waals surface area (Å²) in [6.07, 6.45) is 0.848. The molecule has 2 aromatic heterocycles. The van der Waals surface area contributed by atoms with Gasteiger partial charge in [0.2, 0.25) is 0 Å². The normalized spacial score (nSPS) is 23.6. The van der Waals surface area contributed by atoms with Crippen LogP contribution < -0.4 is 0 Å². The number of imidazole rings is 1. The largest absolute Gasteiger partial charge is 0.420 e. The first-order valence-corrected chi connectivity index (χ1v) is 6.58. The Morgan fingerprint density at radius 2 is 2.00 bits per heavy atom. The molecule has 0 unspecified atom stereocenters. The van der Waals surface area contributed by atoms with Gasteiger partial charge in [-0.3, -0.25) is 0 Å². The standard InChI is InChI=1S/C13H13F3N2S/c1-7-2-8(3-7)11-6-18-5-9(19)4-10(12(18)17-11)13(14,15)16/h4-8,19H,2-3H2,1H3. The Bertz CT molecular complexity index is 627. The van der Waals surface area contributed by atoms with Crippen LogP contribution in [0.4, 0.5) is 13.2 Å². The first-order valence-electron chi connectivity index (χ1n) is 6.13. The molecule has 1 fully saturated rings. The first-order chi connectivity index (χ1) is 8.84. The van der Waals surface area contributed by atoms with Crippen LogP contribution in [0.15, 0.2) is 23.4 Å². The van der Waals surface area contributed by atoms with Gasteiger partial charge in [-0.05, 0) is 24.8 Å². The fourth-order valence-corrected chi connectivity index (χ4v) is 2.91. The predicted octanol–water partition coefficient (Wildman–Crippen LogP) is 4.16. The molecule has 0 atom stereocenters. The second-order valence-electron chi connectivity index (χ2n) is 5.28. The predicted molar refractivity (Wildman–Crippen MR) is 68.6 cm³/mol. The van der Waals surface area contributed by atoms with Gasteiger partial charge in [0.1, 0.15) is 5.65 Å². The Kier molecular flexibility index (Phi) is 2.81. The maximum Gasteiger partial charge on any atom is 0.420 e. The van der Waals surface area contributed by atoms with Gasteiger partial charge < -0.3 is 4.40 Å². The van der Waals surface area contributed by atoms with Crippen LogP contribution in [0, 0.1) is 5.92 Å². The molecule has 0 spiro atoms. The van der Waals surface area contributed by atoms with Crippen molar-refractivity contribution in [3.63, 3.8) is 0 Å². The molecule has 102 valence electrons.